The monoisotopic (exact) mass is 319 g/mol. The highest BCUT2D eigenvalue weighted by Gasteiger charge is 2.00. The Bertz CT molecular complexity index is 600. The highest BCUT2D eigenvalue weighted by atomic mass is 32.2. The van der Waals surface area contributed by atoms with Gasteiger partial charge in [-0.05, 0) is 13.0 Å². The van der Waals surface area contributed by atoms with E-state index in [1.54, 1.807) is 18.9 Å². The van der Waals surface area contributed by atoms with Gasteiger partial charge >= 0.3 is 0 Å². The van der Waals surface area contributed by atoms with Gasteiger partial charge in [-0.3, -0.25) is 0 Å². The molecule has 0 saturated carbocycles. The molecule has 5 N–H and O–H groups in total. The third-order valence-electron chi connectivity index (χ3n) is 2.91. The van der Waals surface area contributed by atoms with Gasteiger partial charge in [0.2, 0.25) is 0 Å². The van der Waals surface area contributed by atoms with Gasteiger partial charge in [0, 0.05) is 23.7 Å². The Labute approximate surface area is 133 Å². The Balaban J connectivity index is 1.56. The van der Waals surface area contributed by atoms with Gasteiger partial charge in [-0.2, -0.15) is 11.8 Å². The molecule has 0 aliphatic carbocycles. The first-order chi connectivity index (χ1) is 10.8. The van der Waals surface area contributed by atoms with E-state index in [4.69, 9.17) is 5.73 Å². The number of H-pyrrole nitrogens is 2. The number of aliphatic imine (C=N–C) groups is 1. The lowest BCUT2D eigenvalue weighted by Crippen LogP contribution is -2.33. The predicted molar refractivity (Wildman–Crippen MR) is 91.6 cm³/mol. The van der Waals surface area contributed by atoms with Crippen LogP contribution in [0, 0.1) is 6.92 Å². The first kappa shape index (κ1) is 16.2. The zero-order valence-corrected chi connectivity index (χ0v) is 13.4. The van der Waals surface area contributed by atoms with Crippen LogP contribution in [0.4, 0.5) is 0 Å². The number of rotatable bonds is 8. The van der Waals surface area contributed by atoms with Crippen LogP contribution in [0.15, 0.2) is 29.9 Å². The largest absolute Gasteiger partial charge is 0.370 e. The summed E-state index contributed by atoms with van der Waals surface area (Å²) in [6.07, 6.45) is 8.97. The number of thioether (sulfide) groups is 1. The Morgan fingerprint density at radius 2 is 2.36 bits per heavy atom. The summed E-state index contributed by atoms with van der Waals surface area (Å²) in [5, 5.41) is 3.10. The molecule has 8 heteroatoms. The first-order valence-corrected chi connectivity index (χ1v) is 8.16. The number of nitrogens with zero attached hydrogens (tertiary/aromatic N) is 3. The Morgan fingerprint density at radius 1 is 1.45 bits per heavy atom. The van der Waals surface area contributed by atoms with E-state index in [-0.39, 0.29) is 0 Å². The van der Waals surface area contributed by atoms with Crippen LogP contribution < -0.4 is 11.1 Å². The van der Waals surface area contributed by atoms with Crippen molar-refractivity contribution in [3.63, 3.8) is 0 Å². The number of aryl methyl sites for hydroxylation is 1. The Morgan fingerprint density at radius 3 is 3.09 bits per heavy atom. The first-order valence-electron chi connectivity index (χ1n) is 7.01. The molecule has 0 fully saturated rings. The summed E-state index contributed by atoms with van der Waals surface area (Å²) in [7, 11) is 0. The van der Waals surface area contributed by atoms with E-state index >= 15 is 0 Å². The van der Waals surface area contributed by atoms with E-state index in [9.17, 15) is 0 Å². The molecular formula is C14H21N7S. The number of nitrogens with one attached hydrogen (secondary N) is 3. The van der Waals surface area contributed by atoms with Crippen LogP contribution in [0.25, 0.3) is 6.08 Å². The molecule has 0 bridgehead atoms. The summed E-state index contributed by atoms with van der Waals surface area (Å²) >= 11 is 1.81. The van der Waals surface area contributed by atoms with Gasteiger partial charge in [0.1, 0.15) is 0 Å². The molecule has 2 heterocycles. The topological polar surface area (TPSA) is 108 Å². The SMILES string of the molecule is Cc1[nH]cnc1CSCCNC(N)=NC/C=C/c1cnc[nH]1. The number of hydrogen-bond acceptors (Lipinski definition) is 4. The molecule has 0 radical (unpaired) electrons. The van der Waals surface area contributed by atoms with Gasteiger partial charge < -0.3 is 21.0 Å². The molecule has 0 aromatic carbocycles. The Kier molecular flexibility index (Phi) is 6.56. The predicted octanol–water partition coefficient (Wildman–Crippen LogP) is 1.29. The van der Waals surface area contributed by atoms with Gasteiger partial charge in [-0.1, -0.05) is 6.08 Å². The lowest BCUT2D eigenvalue weighted by Gasteiger charge is -2.04. The molecule has 0 amide bonds. The highest BCUT2D eigenvalue weighted by Crippen LogP contribution is 2.11. The van der Waals surface area contributed by atoms with Crippen molar-refractivity contribution >= 4 is 23.8 Å². The van der Waals surface area contributed by atoms with Crippen LogP contribution in [0.1, 0.15) is 17.1 Å². The highest BCUT2D eigenvalue weighted by molar-refractivity contribution is 7.98. The molecule has 0 aliphatic heterocycles. The fourth-order valence-electron chi connectivity index (χ4n) is 1.70. The van der Waals surface area contributed by atoms with E-state index < -0.39 is 0 Å². The number of aromatic nitrogens is 4. The lowest BCUT2D eigenvalue weighted by atomic mass is 10.4. The quantitative estimate of drug-likeness (QED) is 0.333. The van der Waals surface area contributed by atoms with Crippen LogP contribution >= 0.6 is 11.8 Å². The van der Waals surface area contributed by atoms with Crippen molar-refractivity contribution in [1.29, 1.82) is 0 Å². The van der Waals surface area contributed by atoms with Gasteiger partial charge in [0.15, 0.2) is 5.96 Å². The summed E-state index contributed by atoms with van der Waals surface area (Å²) in [6.45, 7) is 3.35. The fraction of sp³-hybridized carbons (Fsp3) is 0.357. The smallest absolute Gasteiger partial charge is 0.188 e. The summed E-state index contributed by atoms with van der Waals surface area (Å²) in [4.78, 5) is 18.5. The third-order valence-corrected chi connectivity index (χ3v) is 3.88. The average molecular weight is 319 g/mol. The van der Waals surface area contributed by atoms with Crippen molar-refractivity contribution in [2.45, 2.75) is 12.7 Å². The standard InChI is InChI=1S/C14H21N7S/c1-11-13(21-10-19-11)8-22-6-5-18-14(15)17-4-2-3-12-7-16-9-20-12/h2-3,7,9-10H,4-6,8H2,1H3,(H,16,20)(H,19,21)(H3,15,17,18)/b3-2+. The molecule has 7 nitrogen and oxygen atoms in total. The van der Waals surface area contributed by atoms with Crippen molar-refractivity contribution in [3.05, 3.63) is 42.0 Å². The molecule has 0 atom stereocenters. The van der Waals surface area contributed by atoms with E-state index in [0.717, 1.165) is 35.1 Å². The normalized spacial score (nSPS) is 12.1. The third kappa shape index (κ3) is 5.65. The minimum Gasteiger partial charge on any atom is -0.370 e. The van der Waals surface area contributed by atoms with E-state index in [1.165, 1.54) is 0 Å². The van der Waals surface area contributed by atoms with Gasteiger partial charge in [-0.15, -0.1) is 0 Å². The van der Waals surface area contributed by atoms with Gasteiger partial charge in [0.25, 0.3) is 0 Å². The zero-order chi connectivity index (χ0) is 15.6. The molecule has 0 saturated heterocycles. The van der Waals surface area contributed by atoms with Crippen LogP contribution in [0.2, 0.25) is 0 Å². The summed E-state index contributed by atoms with van der Waals surface area (Å²) in [5.74, 6) is 2.32. The maximum Gasteiger partial charge on any atom is 0.188 e. The fourth-order valence-corrected chi connectivity index (χ4v) is 2.57. The van der Waals surface area contributed by atoms with E-state index in [2.05, 4.69) is 30.2 Å². The second kappa shape index (κ2) is 8.93. The summed E-state index contributed by atoms with van der Waals surface area (Å²) < 4.78 is 0. The number of guanidine groups is 1. The van der Waals surface area contributed by atoms with E-state index in [1.807, 2.05) is 30.8 Å². The van der Waals surface area contributed by atoms with Crippen LogP contribution in [0.3, 0.4) is 0 Å². The molecule has 0 unspecified atom stereocenters. The number of aromatic amines is 2. The molecule has 22 heavy (non-hydrogen) atoms. The molecule has 2 aromatic rings. The lowest BCUT2D eigenvalue weighted by molar-refractivity contribution is 0.951. The maximum absolute atomic E-state index is 5.79. The van der Waals surface area contributed by atoms with Crippen LogP contribution in [0.5, 0.6) is 0 Å². The van der Waals surface area contributed by atoms with Gasteiger partial charge in [-0.25, -0.2) is 15.0 Å². The van der Waals surface area contributed by atoms with Gasteiger partial charge in [0.05, 0.1) is 36.8 Å². The minimum atomic E-state index is 0.464. The van der Waals surface area contributed by atoms with Crippen LogP contribution in [-0.4, -0.2) is 44.7 Å². The molecule has 2 aromatic heterocycles. The van der Waals surface area contributed by atoms with Crippen molar-refractivity contribution in [2.24, 2.45) is 10.7 Å². The van der Waals surface area contributed by atoms with Crippen molar-refractivity contribution in [3.8, 4) is 0 Å². The number of nitrogens with two attached hydrogens (primary N) is 1. The molecular weight excluding hydrogens is 298 g/mol. The minimum absolute atomic E-state index is 0.464. The number of imidazole rings is 2. The molecule has 118 valence electrons. The molecule has 0 spiro atoms. The zero-order valence-electron chi connectivity index (χ0n) is 12.5. The molecule has 2 rings (SSSR count). The van der Waals surface area contributed by atoms with Crippen molar-refractivity contribution in [2.75, 3.05) is 18.8 Å². The van der Waals surface area contributed by atoms with Crippen molar-refractivity contribution < 1.29 is 0 Å². The average Bonchev–Trinajstić information content (AvgIpc) is 3.15. The van der Waals surface area contributed by atoms with Crippen molar-refractivity contribution in [1.82, 2.24) is 25.3 Å². The summed E-state index contributed by atoms with van der Waals surface area (Å²) in [6, 6.07) is 0. The molecule has 0 aliphatic rings. The van der Waals surface area contributed by atoms with E-state index in [0.29, 0.717) is 12.5 Å². The second-order valence-electron chi connectivity index (χ2n) is 4.59. The van der Waals surface area contributed by atoms with Crippen LogP contribution in [-0.2, 0) is 5.75 Å². The number of hydrogen-bond donors (Lipinski definition) is 4. The second-order valence-corrected chi connectivity index (χ2v) is 5.69. The maximum atomic E-state index is 5.79. The Hall–Kier alpha value is -2.22. The summed E-state index contributed by atoms with van der Waals surface area (Å²) in [5.41, 5.74) is 8.98.